The number of fused-ring (bicyclic) bond motifs is 5. The van der Waals surface area contributed by atoms with Gasteiger partial charge in [-0.3, -0.25) is 0 Å². The highest BCUT2D eigenvalue weighted by Crippen LogP contribution is 2.67. The van der Waals surface area contributed by atoms with Crippen LogP contribution in [0.3, 0.4) is 0 Å². The maximum Gasteiger partial charge on any atom is 0.0704 e. The smallest absolute Gasteiger partial charge is 0.0704 e. The molecule has 0 heterocycles. The molecule has 2 unspecified atom stereocenters. The highest BCUT2D eigenvalue weighted by molar-refractivity contribution is 5.25. The molecule has 0 aromatic rings. The molecule has 4 nitrogen and oxygen atoms in total. The highest BCUT2D eigenvalue weighted by Gasteiger charge is 2.59. The number of aliphatic hydroxyl groups is 1. The summed E-state index contributed by atoms with van der Waals surface area (Å²) in [6.07, 6.45) is 18.0. The van der Waals surface area contributed by atoms with Crippen LogP contribution in [0.5, 0.6) is 0 Å². The molecule has 0 aromatic heterocycles. The van der Waals surface area contributed by atoms with Crippen LogP contribution in [0.25, 0.3) is 0 Å². The van der Waals surface area contributed by atoms with Crippen LogP contribution in [0.2, 0.25) is 0 Å². The Balaban J connectivity index is 1.29. The fourth-order valence-electron chi connectivity index (χ4n) is 9.45. The molecule has 4 rings (SSSR count). The number of hydrogen-bond donors (Lipinski definition) is 1. The highest BCUT2D eigenvalue weighted by atomic mass is 16.5. The van der Waals surface area contributed by atoms with Crippen LogP contribution in [0.1, 0.15) is 105 Å². The number of allylic oxidation sites excluding steroid dienone is 1. The first-order chi connectivity index (χ1) is 17.8. The summed E-state index contributed by atoms with van der Waals surface area (Å²) < 4.78 is 17.1. The zero-order chi connectivity index (χ0) is 26.5. The van der Waals surface area contributed by atoms with Crippen molar-refractivity contribution in [2.24, 2.45) is 46.3 Å². The van der Waals surface area contributed by atoms with Crippen LogP contribution >= 0.6 is 0 Å². The molecular weight excluding hydrogens is 460 g/mol. The first-order valence-corrected chi connectivity index (χ1v) is 15.9. The Labute approximate surface area is 228 Å². The maximum atomic E-state index is 8.75. The fourth-order valence-corrected chi connectivity index (χ4v) is 9.45. The summed E-state index contributed by atoms with van der Waals surface area (Å²) in [5.41, 5.74) is 2.68. The Bertz CT molecular complexity index is 734. The topological polar surface area (TPSA) is 47.9 Å². The maximum absolute atomic E-state index is 8.75. The molecule has 0 aliphatic heterocycles. The van der Waals surface area contributed by atoms with Gasteiger partial charge in [0, 0.05) is 0 Å². The van der Waals surface area contributed by atoms with E-state index in [0.717, 1.165) is 41.9 Å². The van der Waals surface area contributed by atoms with Crippen LogP contribution in [0.15, 0.2) is 11.6 Å². The van der Waals surface area contributed by atoms with Gasteiger partial charge in [0.15, 0.2) is 0 Å². The van der Waals surface area contributed by atoms with E-state index < -0.39 is 0 Å². The Morgan fingerprint density at radius 1 is 0.892 bits per heavy atom. The fraction of sp³-hybridized carbons (Fsp3) is 0.939. The molecule has 3 fully saturated rings. The predicted molar refractivity (Wildman–Crippen MR) is 152 cm³/mol. The van der Waals surface area contributed by atoms with Gasteiger partial charge in [-0.05, 0) is 97.7 Å². The molecule has 0 bridgehead atoms. The molecule has 1 N–H and O–H groups in total. The van der Waals surface area contributed by atoms with E-state index >= 15 is 0 Å². The van der Waals surface area contributed by atoms with E-state index in [1.807, 2.05) is 0 Å². The Morgan fingerprint density at radius 3 is 2.41 bits per heavy atom. The van der Waals surface area contributed by atoms with Crippen LogP contribution in [-0.4, -0.2) is 50.9 Å². The molecule has 37 heavy (non-hydrogen) atoms. The largest absolute Gasteiger partial charge is 0.394 e. The quantitative estimate of drug-likeness (QED) is 0.192. The van der Waals surface area contributed by atoms with Crippen molar-refractivity contribution in [1.82, 2.24) is 0 Å². The van der Waals surface area contributed by atoms with Gasteiger partial charge < -0.3 is 19.3 Å². The summed E-state index contributed by atoms with van der Waals surface area (Å²) in [7, 11) is 0. The average molecular weight is 519 g/mol. The third kappa shape index (κ3) is 6.67. The normalized spacial score (nSPS) is 38.1. The SMILES string of the molecule is CC(C)CCC[C@@H](C)[C@H]1CC[C@H]2C3CC=C4CC(OCCOCCOCCO)CC[C@]4(C)[C@H]3CC[C@]12C. The standard InChI is InChI=1S/C33H58O4/c1-24(2)7-6-8-25(3)29-11-12-30-28-10-9-26-23-27(37-22-21-36-20-19-35-18-17-34)13-15-32(26,4)31(28)14-16-33(29,30)5/h9,24-25,27-31,34H,6-8,10-23H2,1-5H3/t25-,27?,28?,29-,30+,31+,32+,33-/m1/s1. The predicted octanol–water partition coefficient (Wildman–Crippen LogP) is 7.44. The van der Waals surface area contributed by atoms with Crippen molar-refractivity contribution in [3.63, 3.8) is 0 Å². The van der Waals surface area contributed by atoms with Crippen LogP contribution < -0.4 is 0 Å². The molecule has 3 saturated carbocycles. The van der Waals surface area contributed by atoms with E-state index in [4.69, 9.17) is 19.3 Å². The molecule has 0 radical (unpaired) electrons. The molecule has 0 saturated heterocycles. The zero-order valence-electron chi connectivity index (χ0n) is 24.8. The van der Waals surface area contributed by atoms with Gasteiger partial charge in [-0.15, -0.1) is 0 Å². The lowest BCUT2D eigenvalue weighted by atomic mass is 9.47. The van der Waals surface area contributed by atoms with Crippen molar-refractivity contribution in [3.05, 3.63) is 11.6 Å². The molecule has 0 spiro atoms. The monoisotopic (exact) mass is 518 g/mol. The molecular formula is C33H58O4. The van der Waals surface area contributed by atoms with Gasteiger partial charge in [-0.1, -0.05) is 65.5 Å². The van der Waals surface area contributed by atoms with E-state index in [1.165, 1.54) is 64.2 Å². The van der Waals surface area contributed by atoms with Crippen molar-refractivity contribution in [3.8, 4) is 0 Å². The van der Waals surface area contributed by atoms with E-state index in [9.17, 15) is 0 Å². The van der Waals surface area contributed by atoms with E-state index in [1.54, 1.807) is 5.57 Å². The van der Waals surface area contributed by atoms with Crippen molar-refractivity contribution >= 4 is 0 Å². The molecule has 4 heteroatoms. The lowest BCUT2D eigenvalue weighted by Gasteiger charge is -2.58. The molecule has 0 aromatic carbocycles. The van der Waals surface area contributed by atoms with E-state index in [2.05, 4.69) is 40.7 Å². The van der Waals surface area contributed by atoms with E-state index in [0.29, 0.717) is 50.0 Å². The lowest BCUT2D eigenvalue weighted by Crippen LogP contribution is -2.51. The lowest BCUT2D eigenvalue weighted by molar-refractivity contribution is -0.0690. The van der Waals surface area contributed by atoms with Gasteiger partial charge >= 0.3 is 0 Å². The van der Waals surface area contributed by atoms with Gasteiger partial charge in [0.2, 0.25) is 0 Å². The number of rotatable bonds is 14. The summed E-state index contributed by atoms with van der Waals surface area (Å²) in [6.45, 7) is 15.5. The number of hydrogen-bond acceptors (Lipinski definition) is 4. The summed E-state index contributed by atoms with van der Waals surface area (Å²) in [6, 6.07) is 0. The van der Waals surface area contributed by atoms with Crippen molar-refractivity contribution in [2.45, 2.75) is 111 Å². The second-order valence-corrected chi connectivity index (χ2v) is 14.0. The van der Waals surface area contributed by atoms with Gasteiger partial charge in [0.05, 0.1) is 45.7 Å². The molecule has 214 valence electrons. The summed E-state index contributed by atoms with van der Waals surface area (Å²) in [5, 5.41) is 8.75. The summed E-state index contributed by atoms with van der Waals surface area (Å²) in [4.78, 5) is 0. The number of ether oxygens (including phenoxy) is 3. The van der Waals surface area contributed by atoms with Gasteiger partial charge in [-0.25, -0.2) is 0 Å². The molecule has 4 aliphatic rings. The Morgan fingerprint density at radius 2 is 1.65 bits per heavy atom. The van der Waals surface area contributed by atoms with Crippen LogP contribution in [0.4, 0.5) is 0 Å². The van der Waals surface area contributed by atoms with E-state index in [-0.39, 0.29) is 6.61 Å². The first kappa shape index (κ1) is 29.6. The average Bonchev–Trinajstić information content (AvgIpc) is 3.22. The van der Waals surface area contributed by atoms with Crippen LogP contribution in [0, 0.1) is 46.3 Å². The van der Waals surface area contributed by atoms with Gasteiger partial charge in [0.25, 0.3) is 0 Å². The molecule has 8 atom stereocenters. The van der Waals surface area contributed by atoms with Gasteiger partial charge in [0.1, 0.15) is 0 Å². The second kappa shape index (κ2) is 13.3. The molecule has 0 amide bonds. The zero-order valence-corrected chi connectivity index (χ0v) is 24.8. The molecule has 4 aliphatic carbocycles. The summed E-state index contributed by atoms with van der Waals surface area (Å²) in [5.74, 6) is 5.39. The first-order valence-electron chi connectivity index (χ1n) is 15.9. The minimum Gasteiger partial charge on any atom is -0.394 e. The minimum atomic E-state index is 0.0689. The summed E-state index contributed by atoms with van der Waals surface area (Å²) >= 11 is 0. The van der Waals surface area contributed by atoms with Crippen molar-refractivity contribution in [2.75, 3.05) is 39.6 Å². The number of aliphatic hydroxyl groups excluding tert-OH is 1. The second-order valence-electron chi connectivity index (χ2n) is 14.0. The van der Waals surface area contributed by atoms with Crippen molar-refractivity contribution in [1.29, 1.82) is 0 Å². The third-order valence-electron chi connectivity index (χ3n) is 11.4. The van der Waals surface area contributed by atoms with Gasteiger partial charge in [-0.2, -0.15) is 0 Å². The third-order valence-corrected chi connectivity index (χ3v) is 11.4. The van der Waals surface area contributed by atoms with Crippen LogP contribution in [-0.2, 0) is 14.2 Å². The van der Waals surface area contributed by atoms with Crippen molar-refractivity contribution < 1.29 is 19.3 Å². The Hall–Kier alpha value is -0.420. The Kier molecular flexibility index (Phi) is 10.6. The minimum absolute atomic E-state index is 0.0689.